The Balaban J connectivity index is -0.000000000519. The van der Waals surface area contributed by atoms with E-state index in [4.69, 9.17) is 0 Å². The van der Waals surface area contributed by atoms with Crippen LogP contribution in [0, 0.1) is 0 Å². The quantitative estimate of drug-likeness (QED) is 0.212. The molecule has 75 radical (unpaired) electrons. The summed E-state index contributed by atoms with van der Waals surface area (Å²) in [5.74, 6) is 0. The summed E-state index contributed by atoms with van der Waals surface area (Å²) in [7, 11) is 111. The first kappa shape index (κ1) is 793. The van der Waals surface area contributed by atoms with Gasteiger partial charge in [0, 0.05) is 2050 Å². The molecule has 0 heterocycles. The summed E-state index contributed by atoms with van der Waals surface area (Å²) in [4.78, 5) is 0. The largest absolute Gasteiger partial charge is 0.0341 e. The van der Waals surface area contributed by atoms with E-state index >= 15 is 0 Å². The van der Waals surface area contributed by atoms with Crippen LogP contribution < -0.4 is 0 Å². The van der Waals surface area contributed by atoms with Crippen LogP contribution >= 0.6 is 628 Å². The third-order valence-electron chi connectivity index (χ3n) is 0. The molecule has 0 aliphatic rings. The van der Waals surface area contributed by atoms with Gasteiger partial charge in [0.25, 0.3) is 0 Å². The fourth-order valence-electron chi connectivity index (χ4n) is 0. The van der Waals surface area contributed by atoms with Crippen molar-refractivity contribution in [3.05, 3.63) is 0 Å². The van der Waals surface area contributed by atoms with Gasteiger partial charge < -0.3 is 0 Å². The number of rotatable bonds is 0. The van der Waals surface area contributed by atoms with Crippen molar-refractivity contribution in [3.63, 3.8) is 0 Å². The Bertz CT molecular complexity index is 171. The van der Waals surface area contributed by atoms with Crippen LogP contribution in [0.25, 0.3) is 0 Å². The molecule has 0 saturated heterocycles. The number of hydrogen-bond donors (Lipinski definition) is 0. The zero-order valence-electron chi connectivity index (χ0n) is 41.5. The second kappa shape index (κ2) is 1390. The minimum Gasteiger partial charge on any atom is -0.0341 e. The van der Waals surface area contributed by atoms with Crippen LogP contribution in [0.15, 0.2) is 0 Å². The Morgan fingerprint density at radius 1 is 0.0320 bits per heavy atom. The van der Waals surface area contributed by atoms with E-state index in [1.54, 1.807) is 0 Å². The summed E-state index contributed by atoms with van der Waals surface area (Å²) in [6, 6.07) is 0. The Hall–Kier alpha value is 74.8. The van der Waals surface area contributed by atoms with Crippen molar-refractivity contribution in [1.82, 2.24) is 0 Å². The van der Waals surface area contributed by atoms with Gasteiger partial charge in [-0.3, -0.25) is 0 Å². The van der Waals surface area contributed by atoms with E-state index in [1.165, 1.54) is 0 Å². The van der Waals surface area contributed by atoms with E-state index in [9.17, 15) is 0 Å². The minimum atomic E-state index is 0. The third-order valence-corrected chi connectivity index (χ3v) is 0. The molecule has 0 spiro atoms. The van der Waals surface area contributed by atoms with Gasteiger partial charge >= 0.3 is 0 Å². The van der Waals surface area contributed by atoms with Gasteiger partial charge in [-0.1, -0.05) is 0 Å². The molecule has 0 aliphatic carbocycles. The van der Waals surface area contributed by atoms with Crippen molar-refractivity contribution in [2.45, 2.75) is 0 Å². The van der Waals surface area contributed by atoms with Crippen molar-refractivity contribution in [2.24, 2.45) is 0 Å². The molecule has 0 aliphatic heterocycles. The van der Waals surface area contributed by atoms with E-state index in [1.807, 2.05) is 0 Å². The molecule has 0 fully saturated rings. The Kier molecular flexibility index (Phi) is 8820. The van der Waals surface area contributed by atoms with E-state index in [2.05, 4.69) is 628 Å². The first-order valence-corrected chi connectivity index (χ1v) is 55.7. The van der Waals surface area contributed by atoms with Gasteiger partial charge in [0.1, 0.15) is 0 Å². The molecule has 0 nitrogen and oxygen atoms in total. The number of halogens is 50. The zero-order valence-corrected chi connectivity index (χ0v) is 211. The molecule has 125 heavy (non-hydrogen) atoms. The van der Waals surface area contributed by atoms with E-state index in [0.29, 0.717) is 0 Å². The molecule has 0 N–H and O–H groups in total. The van der Waals surface area contributed by atoms with Crippen molar-refractivity contribution >= 4 is 628 Å². The molecule has 0 bridgehead atoms. The van der Waals surface area contributed by atoms with E-state index < -0.39 is 0 Å². The SMILES string of the molecule is ClBr.ClBr.ClBr.ClBr.ClBr.ClBr.ClBr.ClBr.ClBr.ClBr.ClBr.ClBr.ClBr.ClBr.ClBr.ClBr.ClBr.ClBr.ClBr.ClBr.ClBr.ClBr.ClBr.ClBr.ClBr.[Ag].[Ag].[Ag].[Ag].[Ag].[Ag].[Ag].[Ag].[Ag].[Ag].[Ag].[Ag].[Ag].[Ag].[Ag].[Ag].[Ag].[Ag].[Ag].[Ag].[Ag].[Ag].[Ag].[Ag].[Ag].[Ag].[Ag].[Ag].[Ag].[Ag].[Ag].[Ag].[Ag].[Ag].[Ag].[Ag].[Ag].[Ag].[Ag].[Ag].[Ag].[Ag].[Ag].[Ag].[Ag].[Ag].[Ag].[Ag].[Ag].[Ag].[Ag].[Ag].[Ag].[Ag].[Ag].[Ag].[Ag].[Ag].[Ag].[Ag].[Ag].[Ag].[Ag].[Ag].[Ag].[Ag].[Ag].[Ag].[Ag].[Ag].[Ag].[Ag].[Ag].[Ag].[Ag]. The van der Waals surface area contributed by atoms with Crippen LogP contribution in [-0.4, -0.2) is 0 Å². The van der Waals surface area contributed by atoms with Gasteiger partial charge in [0.05, 0.1) is 0 Å². The molecular weight excluding hydrogens is 11000 g/mol. The molecule has 0 unspecified atom stereocenters. The van der Waals surface area contributed by atoms with Crippen molar-refractivity contribution in [1.29, 1.82) is 0 Å². The van der Waals surface area contributed by atoms with Gasteiger partial charge in [-0.2, -0.15) is 0 Å². The van der Waals surface area contributed by atoms with Gasteiger partial charge in [0.2, 0.25) is 0 Å². The van der Waals surface area contributed by atoms with Gasteiger partial charge in [0.15, 0.2) is 0 Å². The van der Waals surface area contributed by atoms with Crippen LogP contribution in [0.5, 0.6) is 0 Å². The van der Waals surface area contributed by atoms with E-state index in [0.717, 1.165) is 0 Å². The molecule has 0 saturated carbocycles. The summed E-state index contributed by atoms with van der Waals surface area (Å²) >= 11 is 60.2. The Labute approximate surface area is 2230 Å². The first-order chi connectivity index (χ1) is 25.0. The minimum absolute atomic E-state index is 0. The molecule has 0 atom stereocenters. The normalized spacial score (nSPS) is 1.20. The summed E-state index contributed by atoms with van der Waals surface area (Å²) in [5, 5.41) is 0. The Morgan fingerprint density at radius 3 is 0.0320 bits per heavy atom. The van der Waals surface area contributed by atoms with E-state index in [-0.39, 0.29) is 1680 Å². The predicted molar refractivity (Wildman–Crippen MR) is 370 cm³/mol. The number of hydrogen-bond acceptors (Lipinski definition) is 0. The fraction of sp³-hybridized carbons (Fsp3) is 0. The molecule has 1175 valence electrons. The molecule has 0 aromatic rings. The van der Waals surface area contributed by atoms with Gasteiger partial charge in [-0.05, 0) is 253 Å². The topological polar surface area (TPSA) is 0 Å². The van der Waals surface area contributed by atoms with Crippen molar-refractivity contribution in [2.75, 3.05) is 0 Å². The maximum Gasteiger partial charge on any atom is 0.0341 e. The third kappa shape index (κ3) is 1380. The second-order valence-corrected chi connectivity index (χ2v) is 0. The van der Waals surface area contributed by atoms with Crippen molar-refractivity contribution in [3.8, 4) is 0 Å². The summed E-state index contributed by atoms with van der Waals surface area (Å²) in [5.41, 5.74) is 0. The average Bonchev–Trinajstić information content (AvgIpc) is 3.37. The molecule has 0 rings (SSSR count). The zero-order chi connectivity index (χ0) is 50.0. The van der Waals surface area contributed by atoms with Crippen LogP contribution in [-0.2, 0) is 1680 Å². The van der Waals surface area contributed by atoms with Gasteiger partial charge in [-0.15, -0.1) is 0 Å². The smallest absolute Gasteiger partial charge is 0.0341 e. The fourth-order valence-corrected chi connectivity index (χ4v) is 0. The maximum absolute atomic E-state index is 4.45. The van der Waals surface area contributed by atoms with Crippen LogP contribution in [0.2, 0.25) is 0 Å². The summed E-state index contributed by atoms with van der Waals surface area (Å²) < 4.78 is 0. The molecule has 0 aromatic heterocycles. The summed E-state index contributed by atoms with van der Waals surface area (Å²) in [6.45, 7) is 0. The molecule has 0 aromatic carbocycles. The first-order valence-electron chi connectivity index (χ1n) is 3.57. The van der Waals surface area contributed by atoms with Gasteiger partial charge in [-0.25, -0.2) is 0 Å². The molecular formula is Ag75Br25Cl25. The molecule has 125 heteroatoms. The predicted octanol–water partition coefficient (Wildman–Crippen LogP) is 38.2. The van der Waals surface area contributed by atoms with Crippen LogP contribution in [0.1, 0.15) is 0 Å². The van der Waals surface area contributed by atoms with Crippen molar-refractivity contribution < 1.29 is 1680 Å². The standard InChI is InChI=1S/75Ag.25BrCl/c;;;;;;;;;;;;;;;;;;;;;;;;;;;;;;;;;;;;;;;;;;;;;;;;;;;;;;;;;;;;;;;;;;;;;;;;;;;25*1-2. The van der Waals surface area contributed by atoms with Crippen LogP contribution in [0.3, 0.4) is 0 Å². The monoisotopic (exact) mass is 10900 g/mol. The second-order valence-electron chi connectivity index (χ2n) is 0. The summed E-state index contributed by atoms with van der Waals surface area (Å²) in [6.07, 6.45) is 0. The average molecular weight is 11000 g/mol. The maximum atomic E-state index is 4.45. The van der Waals surface area contributed by atoms with Crippen LogP contribution in [0.4, 0.5) is 0 Å². The Morgan fingerprint density at radius 2 is 0.0320 bits per heavy atom. The molecule has 0 amide bonds.